The summed E-state index contributed by atoms with van der Waals surface area (Å²) in [6.07, 6.45) is 8.38. The molecule has 1 saturated carbocycles. The van der Waals surface area contributed by atoms with Gasteiger partial charge < -0.3 is 0 Å². The molecule has 10 heavy (non-hydrogen) atoms. The highest BCUT2D eigenvalue weighted by atomic mass is 32.1. The van der Waals surface area contributed by atoms with E-state index in [4.69, 9.17) is 12.2 Å². The normalized spacial score (nSPS) is 20.9. The molecule has 0 heterocycles. The van der Waals surface area contributed by atoms with Crippen molar-refractivity contribution in [2.24, 2.45) is 5.92 Å². The smallest absolute Gasteiger partial charge is 0.00997 e. The Bertz CT molecular complexity index is 112. The lowest BCUT2D eigenvalue weighted by Gasteiger charge is -2.20. The molecule has 0 saturated heterocycles. The third-order valence-electron chi connectivity index (χ3n) is 2.30. The van der Waals surface area contributed by atoms with Gasteiger partial charge in [0.25, 0.3) is 0 Å². The van der Waals surface area contributed by atoms with Gasteiger partial charge >= 0.3 is 0 Å². The SMILES string of the molecule is CC(=S)CC1CCCCC1. The molecule has 0 bridgehead atoms. The quantitative estimate of drug-likeness (QED) is 0.552. The van der Waals surface area contributed by atoms with Gasteiger partial charge in [-0.3, -0.25) is 0 Å². The van der Waals surface area contributed by atoms with E-state index < -0.39 is 0 Å². The van der Waals surface area contributed by atoms with Gasteiger partial charge in [0.2, 0.25) is 0 Å². The molecule has 0 radical (unpaired) electrons. The third-order valence-corrected chi connectivity index (χ3v) is 2.47. The Morgan fingerprint density at radius 2 is 1.90 bits per heavy atom. The first-order valence-electron chi connectivity index (χ1n) is 4.28. The molecule has 0 aromatic heterocycles. The summed E-state index contributed by atoms with van der Waals surface area (Å²) in [7, 11) is 0. The van der Waals surface area contributed by atoms with Crippen molar-refractivity contribution < 1.29 is 0 Å². The monoisotopic (exact) mass is 156 g/mol. The number of hydrogen-bond donors (Lipinski definition) is 0. The molecule has 0 amide bonds. The molecule has 0 nitrogen and oxygen atoms in total. The molecule has 0 unspecified atom stereocenters. The summed E-state index contributed by atoms with van der Waals surface area (Å²) in [5.41, 5.74) is 0. The number of rotatable bonds is 2. The fourth-order valence-electron chi connectivity index (χ4n) is 1.80. The number of thiocarbonyl (C=S) groups is 1. The summed E-state index contributed by atoms with van der Waals surface area (Å²) >= 11 is 5.08. The van der Waals surface area contributed by atoms with E-state index in [-0.39, 0.29) is 0 Å². The van der Waals surface area contributed by atoms with Gasteiger partial charge in [0.05, 0.1) is 0 Å². The van der Waals surface area contributed by atoms with Crippen LogP contribution in [0.25, 0.3) is 0 Å². The summed E-state index contributed by atoms with van der Waals surface area (Å²) in [4.78, 5) is 1.20. The minimum absolute atomic E-state index is 0.936. The first-order chi connectivity index (χ1) is 4.79. The van der Waals surface area contributed by atoms with E-state index in [0.717, 1.165) is 5.92 Å². The van der Waals surface area contributed by atoms with Crippen LogP contribution in [0.1, 0.15) is 45.4 Å². The molecule has 1 rings (SSSR count). The van der Waals surface area contributed by atoms with Crippen LogP contribution in [0.2, 0.25) is 0 Å². The van der Waals surface area contributed by atoms with Crippen molar-refractivity contribution >= 4 is 17.1 Å². The highest BCUT2D eigenvalue weighted by molar-refractivity contribution is 7.80. The van der Waals surface area contributed by atoms with Crippen molar-refractivity contribution in [1.29, 1.82) is 0 Å². The van der Waals surface area contributed by atoms with Gasteiger partial charge in [-0.2, -0.15) is 0 Å². The first-order valence-corrected chi connectivity index (χ1v) is 4.69. The zero-order valence-corrected chi connectivity index (χ0v) is 7.54. The van der Waals surface area contributed by atoms with Crippen LogP contribution in [0.3, 0.4) is 0 Å². The van der Waals surface area contributed by atoms with Gasteiger partial charge in [-0.1, -0.05) is 44.3 Å². The van der Waals surface area contributed by atoms with E-state index >= 15 is 0 Å². The molecule has 1 heteroatoms. The molecule has 58 valence electrons. The summed E-state index contributed by atoms with van der Waals surface area (Å²) in [6, 6.07) is 0. The lowest BCUT2D eigenvalue weighted by Crippen LogP contribution is -2.08. The van der Waals surface area contributed by atoms with Crippen LogP contribution in [-0.4, -0.2) is 4.86 Å². The molecule has 1 fully saturated rings. The highest BCUT2D eigenvalue weighted by Gasteiger charge is 2.12. The van der Waals surface area contributed by atoms with Crippen LogP contribution in [0.5, 0.6) is 0 Å². The van der Waals surface area contributed by atoms with Crippen molar-refractivity contribution in [3.8, 4) is 0 Å². The fraction of sp³-hybridized carbons (Fsp3) is 0.889. The lowest BCUT2D eigenvalue weighted by molar-refractivity contribution is 0.369. The maximum absolute atomic E-state index is 5.08. The Morgan fingerprint density at radius 1 is 1.30 bits per heavy atom. The predicted molar refractivity (Wildman–Crippen MR) is 49.5 cm³/mol. The van der Waals surface area contributed by atoms with Crippen LogP contribution >= 0.6 is 12.2 Å². The lowest BCUT2D eigenvalue weighted by atomic mass is 9.86. The third kappa shape index (κ3) is 2.78. The molecule has 0 aromatic rings. The maximum atomic E-state index is 5.08. The summed E-state index contributed by atoms with van der Waals surface area (Å²) in [5.74, 6) is 0.936. The van der Waals surface area contributed by atoms with E-state index in [1.165, 1.54) is 43.4 Å². The predicted octanol–water partition coefficient (Wildman–Crippen LogP) is 3.35. The van der Waals surface area contributed by atoms with Crippen LogP contribution < -0.4 is 0 Å². The highest BCUT2D eigenvalue weighted by Crippen LogP contribution is 2.26. The largest absolute Gasteiger partial charge is 0.0900 e. The Morgan fingerprint density at radius 3 is 2.40 bits per heavy atom. The van der Waals surface area contributed by atoms with E-state index in [1.807, 2.05) is 0 Å². The number of hydrogen-bond acceptors (Lipinski definition) is 1. The van der Waals surface area contributed by atoms with Gasteiger partial charge in [0.1, 0.15) is 0 Å². The molecular weight excluding hydrogens is 140 g/mol. The molecule has 0 aliphatic heterocycles. The first kappa shape index (κ1) is 8.19. The second kappa shape index (κ2) is 4.07. The Balaban J connectivity index is 2.19. The molecule has 0 N–H and O–H groups in total. The van der Waals surface area contributed by atoms with Crippen molar-refractivity contribution in [2.75, 3.05) is 0 Å². The molecule has 0 atom stereocenters. The van der Waals surface area contributed by atoms with E-state index in [9.17, 15) is 0 Å². The van der Waals surface area contributed by atoms with Crippen molar-refractivity contribution in [2.45, 2.75) is 45.4 Å². The topological polar surface area (TPSA) is 0 Å². The Hall–Kier alpha value is 0.0900. The molecule has 0 spiro atoms. The summed E-state index contributed by atoms with van der Waals surface area (Å²) < 4.78 is 0. The van der Waals surface area contributed by atoms with Crippen molar-refractivity contribution in [3.05, 3.63) is 0 Å². The average molecular weight is 156 g/mol. The Kier molecular flexibility index (Phi) is 3.33. The maximum Gasteiger partial charge on any atom is -0.00997 e. The van der Waals surface area contributed by atoms with E-state index in [2.05, 4.69) is 6.92 Å². The second-order valence-corrected chi connectivity index (χ2v) is 4.11. The van der Waals surface area contributed by atoms with Gasteiger partial charge in [-0.05, 0) is 24.1 Å². The van der Waals surface area contributed by atoms with E-state index in [0.29, 0.717) is 0 Å². The van der Waals surface area contributed by atoms with Crippen LogP contribution in [-0.2, 0) is 0 Å². The summed E-state index contributed by atoms with van der Waals surface area (Å²) in [6.45, 7) is 2.07. The molecular formula is C9H16S. The average Bonchev–Trinajstić information content (AvgIpc) is 1.88. The molecule has 1 aliphatic carbocycles. The van der Waals surface area contributed by atoms with E-state index in [1.54, 1.807) is 0 Å². The van der Waals surface area contributed by atoms with Crippen molar-refractivity contribution in [3.63, 3.8) is 0 Å². The van der Waals surface area contributed by atoms with Crippen molar-refractivity contribution in [1.82, 2.24) is 0 Å². The minimum atomic E-state index is 0.936. The van der Waals surface area contributed by atoms with Gasteiger partial charge in [0.15, 0.2) is 0 Å². The van der Waals surface area contributed by atoms with Crippen LogP contribution in [0.15, 0.2) is 0 Å². The van der Waals surface area contributed by atoms with Gasteiger partial charge in [-0.25, -0.2) is 0 Å². The summed E-state index contributed by atoms with van der Waals surface area (Å²) in [5, 5.41) is 0. The zero-order chi connectivity index (χ0) is 7.40. The molecule has 0 aromatic carbocycles. The van der Waals surface area contributed by atoms with Crippen LogP contribution in [0, 0.1) is 5.92 Å². The zero-order valence-electron chi connectivity index (χ0n) is 6.73. The van der Waals surface area contributed by atoms with Gasteiger partial charge in [-0.15, -0.1) is 0 Å². The Labute approximate surface area is 69.0 Å². The fourth-order valence-corrected chi connectivity index (χ4v) is 2.03. The standard InChI is InChI=1S/C9H16S/c1-8(10)7-9-5-3-2-4-6-9/h9H,2-7H2,1H3. The van der Waals surface area contributed by atoms with Crippen LogP contribution in [0.4, 0.5) is 0 Å². The molecule has 1 aliphatic rings. The minimum Gasteiger partial charge on any atom is -0.0900 e. The van der Waals surface area contributed by atoms with Gasteiger partial charge in [0, 0.05) is 0 Å². The second-order valence-electron chi connectivity index (χ2n) is 3.41.